The number of ether oxygens (including phenoxy) is 1. The van der Waals surface area contributed by atoms with Crippen LogP contribution in [0, 0.1) is 0 Å². The fourth-order valence-electron chi connectivity index (χ4n) is 1.48. The van der Waals surface area contributed by atoms with Gasteiger partial charge in [-0.25, -0.2) is 9.86 Å². The first-order chi connectivity index (χ1) is 10.6. The van der Waals surface area contributed by atoms with Crippen LogP contribution in [0.15, 0.2) is 46.9 Å². The predicted molar refractivity (Wildman–Crippen MR) is 82.5 cm³/mol. The normalized spacial score (nSPS) is 10.6. The van der Waals surface area contributed by atoms with Gasteiger partial charge in [-0.2, -0.15) is 0 Å². The molecule has 0 unspecified atom stereocenters. The van der Waals surface area contributed by atoms with Gasteiger partial charge in [-0.15, -0.1) is 11.3 Å². The second kappa shape index (κ2) is 8.01. The first-order valence-corrected chi connectivity index (χ1v) is 7.26. The zero-order valence-corrected chi connectivity index (χ0v) is 12.4. The Bertz CT molecular complexity index is 631. The molecule has 7 nitrogen and oxygen atoms in total. The fourth-order valence-corrected chi connectivity index (χ4v) is 2.08. The molecule has 0 aliphatic rings. The van der Waals surface area contributed by atoms with Gasteiger partial charge in [-0.1, -0.05) is 17.3 Å². The van der Waals surface area contributed by atoms with Gasteiger partial charge in [0.25, 0.3) is 0 Å². The molecule has 0 aliphatic carbocycles. The molecule has 3 N–H and O–H groups in total. The van der Waals surface area contributed by atoms with Crippen LogP contribution in [0.5, 0.6) is 10.8 Å². The van der Waals surface area contributed by atoms with Crippen LogP contribution in [0.2, 0.25) is 0 Å². The van der Waals surface area contributed by atoms with Crippen LogP contribution in [0.4, 0.5) is 4.79 Å². The van der Waals surface area contributed by atoms with Gasteiger partial charge in [0.05, 0.1) is 12.8 Å². The summed E-state index contributed by atoms with van der Waals surface area (Å²) in [5.74, 6) is 0.696. The number of urea groups is 1. The van der Waals surface area contributed by atoms with E-state index >= 15 is 0 Å². The van der Waals surface area contributed by atoms with Crippen molar-refractivity contribution in [3.63, 3.8) is 0 Å². The first-order valence-electron chi connectivity index (χ1n) is 6.38. The maximum atomic E-state index is 10.5. The summed E-state index contributed by atoms with van der Waals surface area (Å²) in [4.78, 5) is 15.5. The molecule has 116 valence electrons. The Balaban J connectivity index is 1.82. The molecule has 1 aromatic carbocycles. The van der Waals surface area contributed by atoms with Gasteiger partial charge in [0.1, 0.15) is 12.4 Å². The third-order valence-electron chi connectivity index (χ3n) is 2.50. The zero-order valence-electron chi connectivity index (χ0n) is 11.6. The SMILES string of the molecule is NC(=O)N(O)CCO/N=C/c1cccc(Oc2cccs2)c1. The van der Waals surface area contributed by atoms with Crippen LogP contribution < -0.4 is 10.5 Å². The van der Waals surface area contributed by atoms with E-state index in [0.29, 0.717) is 10.8 Å². The van der Waals surface area contributed by atoms with E-state index in [1.54, 1.807) is 0 Å². The molecular formula is C14H15N3O4S. The maximum absolute atomic E-state index is 10.5. The lowest BCUT2D eigenvalue weighted by Gasteiger charge is -2.09. The molecule has 2 rings (SSSR count). The summed E-state index contributed by atoms with van der Waals surface area (Å²) in [5.41, 5.74) is 5.64. The average molecular weight is 321 g/mol. The Morgan fingerprint density at radius 1 is 1.41 bits per heavy atom. The highest BCUT2D eigenvalue weighted by atomic mass is 32.1. The van der Waals surface area contributed by atoms with E-state index in [1.165, 1.54) is 17.6 Å². The molecule has 0 aliphatic heterocycles. The number of nitrogens with zero attached hydrogens (tertiary/aromatic N) is 2. The van der Waals surface area contributed by atoms with Crippen LogP contribution in [0.25, 0.3) is 0 Å². The Morgan fingerprint density at radius 3 is 3.00 bits per heavy atom. The number of rotatable bonds is 7. The molecule has 0 radical (unpaired) electrons. The number of carbonyl (C=O) groups excluding carboxylic acids is 1. The lowest BCUT2D eigenvalue weighted by molar-refractivity contribution is -0.0559. The molecule has 2 aromatic rings. The van der Waals surface area contributed by atoms with Gasteiger partial charge in [-0.3, -0.25) is 5.21 Å². The number of hydrogen-bond acceptors (Lipinski definition) is 6. The van der Waals surface area contributed by atoms with Crippen molar-refractivity contribution in [3.05, 3.63) is 47.3 Å². The standard InChI is InChI=1S/C14H15N3O4S/c15-14(18)17(19)6-7-20-16-10-11-3-1-4-12(9-11)21-13-5-2-8-22-13/h1-5,8-10,19H,6-7H2,(H2,15,18)/b16-10+. The van der Waals surface area contributed by atoms with E-state index in [1.807, 2.05) is 41.8 Å². The van der Waals surface area contributed by atoms with Crippen LogP contribution in [-0.2, 0) is 4.84 Å². The molecule has 0 atom stereocenters. The number of benzene rings is 1. The molecule has 0 saturated carbocycles. The first kappa shape index (κ1) is 15.8. The van der Waals surface area contributed by atoms with Crippen molar-refractivity contribution in [2.75, 3.05) is 13.2 Å². The minimum atomic E-state index is -0.939. The summed E-state index contributed by atoms with van der Waals surface area (Å²) in [6.07, 6.45) is 1.51. The molecule has 0 bridgehead atoms. The molecule has 1 aromatic heterocycles. The number of hydroxylamine groups is 2. The topological polar surface area (TPSA) is 97.4 Å². The van der Waals surface area contributed by atoms with Gasteiger partial charge in [0.2, 0.25) is 0 Å². The Hall–Kier alpha value is -2.58. The Kier molecular flexibility index (Phi) is 5.75. The smallest absolute Gasteiger partial charge is 0.338 e. The number of primary amides is 1. The summed E-state index contributed by atoms with van der Waals surface area (Å²) in [7, 11) is 0. The lowest BCUT2D eigenvalue weighted by Crippen LogP contribution is -2.34. The van der Waals surface area contributed by atoms with Crippen LogP contribution in [0.3, 0.4) is 0 Å². The quantitative estimate of drug-likeness (QED) is 0.354. The average Bonchev–Trinajstić information content (AvgIpc) is 3.00. The number of oxime groups is 1. The summed E-state index contributed by atoms with van der Waals surface area (Å²) in [5, 5.41) is 15.8. The van der Waals surface area contributed by atoms with Crippen molar-refractivity contribution < 1.29 is 19.6 Å². The largest absolute Gasteiger partial charge is 0.447 e. The van der Waals surface area contributed by atoms with Crippen LogP contribution in [0.1, 0.15) is 5.56 Å². The molecule has 8 heteroatoms. The maximum Gasteiger partial charge on any atom is 0.338 e. The van der Waals surface area contributed by atoms with Crippen LogP contribution in [-0.4, -0.2) is 35.7 Å². The van der Waals surface area contributed by atoms with Gasteiger partial charge in [0.15, 0.2) is 5.06 Å². The highest BCUT2D eigenvalue weighted by Crippen LogP contribution is 2.26. The molecule has 2 amide bonds. The minimum absolute atomic E-state index is 0.0291. The van der Waals surface area contributed by atoms with E-state index in [-0.39, 0.29) is 13.2 Å². The number of amides is 2. The zero-order chi connectivity index (χ0) is 15.8. The summed E-state index contributed by atoms with van der Waals surface area (Å²) >= 11 is 1.51. The number of carbonyl (C=O) groups is 1. The molecule has 0 saturated heterocycles. The van der Waals surface area contributed by atoms with E-state index < -0.39 is 6.03 Å². The van der Waals surface area contributed by atoms with Crippen molar-refractivity contribution in [2.24, 2.45) is 10.9 Å². The van der Waals surface area contributed by atoms with Crippen molar-refractivity contribution in [3.8, 4) is 10.8 Å². The van der Waals surface area contributed by atoms with Crippen LogP contribution >= 0.6 is 11.3 Å². The Labute approximate surface area is 131 Å². The monoisotopic (exact) mass is 321 g/mol. The molecule has 22 heavy (non-hydrogen) atoms. The van der Waals surface area contributed by atoms with Crippen molar-refractivity contribution in [1.82, 2.24) is 5.06 Å². The van der Waals surface area contributed by atoms with Gasteiger partial charge in [-0.05, 0) is 35.2 Å². The van der Waals surface area contributed by atoms with E-state index in [4.69, 9.17) is 20.5 Å². The third kappa shape index (κ3) is 5.08. The highest BCUT2D eigenvalue weighted by molar-refractivity contribution is 7.11. The molecular weight excluding hydrogens is 306 g/mol. The summed E-state index contributed by atoms with van der Waals surface area (Å²) in [6, 6.07) is 10.2. The summed E-state index contributed by atoms with van der Waals surface area (Å²) in [6.45, 7) is -0.0322. The van der Waals surface area contributed by atoms with E-state index in [0.717, 1.165) is 10.6 Å². The second-order valence-corrected chi connectivity index (χ2v) is 5.05. The highest BCUT2D eigenvalue weighted by Gasteiger charge is 2.04. The lowest BCUT2D eigenvalue weighted by atomic mass is 10.2. The van der Waals surface area contributed by atoms with Gasteiger partial charge < -0.3 is 15.3 Å². The van der Waals surface area contributed by atoms with Crippen molar-refractivity contribution in [1.29, 1.82) is 0 Å². The Morgan fingerprint density at radius 2 is 2.27 bits per heavy atom. The van der Waals surface area contributed by atoms with Gasteiger partial charge in [0, 0.05) is 0 Å². The van der Waals surface area contributed by atoms with E-state index in [9.17, 15) is 4.79 Å². The van der Waals surface area contributed by atoms with E-state index in [2.05, 4.69) is 5.16 Å². The fraction of sp³-hybridized carbons (Fsp3) is 0.143. The van der Waals surface area contributed by atoms with Crippen molar-refractivity contribution in [2.45, 2.75) is 0 Å². The second-order valence-electron chi connectivity index (χ2n) is 4.14. The summed E-state index contributed by atoms with van der Waals surface area (Å²) < 4.78 is 5.67. The number of hydrogen-bond donors (Lipinski definition) is 2. The molecule has 1 heterocycles. The number of nitrogens with two attached hydrogens (primary N) is 1. The predicted octanol–water partition coefficient (Wildman–Crippen LogP) is 2.66. The van der Waals surface area contributed by atoms with Gasteiger partial charge >= 0.3 is 6.03 Å². The minimum Gasteiger partial charge on any atom is -0.447 e. The third-order valence-corrected chi connectivity index (χ3v) is 3.24. The van der Waals surface area contributed by atoms with Crippen molar-refractivity contribution >= 4 is 23.6 Å². The number of thiophene rings is 1. The molecule has 0 fully saturated rings. The molecule has 0 spiro atoms.